The SMILES string of the molecule is Cc1cc(O)ccc1NCc1cc(=O)n2[nH]c(-c3ccc(Cl)cc3)nc2n1. The highest BCUT2D eigenvalue weighted by atomic mass is 35.5. The van der Waals surface area contributed by atoms with Crippen LogP contribution in [0.1, 0.15) is 11.3 Å². The van der Waals surface area contributed by atoms with E-state index in [0.29, 0.717) is 28.9 Å². The number of nitrogens with one attached hydrogen (secondary N) is 2. The van der Waals surface area contributed by atoms with Gasteiger partial charge in [0, 0.05) is 22.3 Å². The number of nitrogens with zero attached hydrogens (tertiary/aromatic N) is 3. The first-order valence-electron chi connectivity index (χ1n) is 8.28. The van der Waals surface area contributed by atoms with Gasteiger partial charge in [0.1, 0.15) is 5.75 Å². The lowest BCUT2D eigenvalue weighted by Crippen LogP contribution is -2.17. The molecule has 0 fully saturated rings. The summed E-state index contributed by atoms with van der Waals surface area (Å²) in [6.07, 6.45) is 0. The summed E-state index contributed by atoms with van der Waals surface area (Å²) >= 11 is 5.91. The van der Waals surface area contributed by atoms with Gasteiger partial charge in [-0.2, -0.15) is 9.50 Å². The predicted molar refractivity (Wildman–Crippen MR) is 104 cm³/mol. The molecule has 4 rings (SSSR count). The Labute approximate surface area is 159 Å². The summed E-state index contributed by atoms with van der Waals surface area (Å²) in [5.41, 5.74) is 2.90. The van der Waals surface area contributed by atoms with Crippen LogP contribution in [0.5, 0.6) is 5.75 Å². The van der Waals surface area contributed by atoms with E-state index in [-0.39, 0.29) is 11.3 Å². The highest BCUT2D eigenvalue weighted by Gasteiger charge is 2.10. The summed E-state index contributed by atoms with van der Waals surface area (Å²) in [5, 5.41) is 16.3. The number of aromatic nitrogens is 4. The number of aryl methyl sites for hydroxylation is 1. The number of anilines is 1. The Morgan fingerprint density at radius 3 is 2.67 bits per heavy atom. The average Bonchev–Trinajstić information content (AvgIpc) is 3.06. The van der Waals surface area contributed by atoms with Crippen LogP contribution in [-0.2, 0) is 6.54 Å². The maximum Gasteiger partial charge on any atom is 0.274 e. The van der Waals surface area contributed by atoms with Crippen molar-refractivity contribution in [3.8, 4) is 17.1 Å². The first-order valence-corrected chi connectivity index (χ1v) is 8.65. The van der Waals surface area contributed by atoms with Gasteiger partial charge in [-0.15, -0.1) is 0 Å². The topological polar surface area (TPSA) is 95.3 Å². The Balaban J connectivity index is 1.63. The third-order valence-corrected chi connectivity index (χ3v) is 4.42. The van der Waals surface area contributed by atoms with Crippen molar-refractivity contribution in [2.75, 3.05) is 5.32 Å². The van der Waals surface area contributed by atoms with Crippen LogP contribution in [0.25, 0.3) is 17.2 Å². The fourth-order valence-corrected chi connectivity index (χ4v) is 2.91. The molecular weight excluding hydrogens is 366 g/mol. The van der Waals surface area contributed by atoms with Gasteiger partial charge in [0.25, 0.3) is 11.3 Å². The number of phenolic OH excluding ortho intramolecular Hbond substituents is 1. The van der Waals surface area contributed by atoms with Crippen molar-refractivity contribution in [1.82, 2.24) is 19.6 Å². The van der Waals surface area contributed by atoms with E-state index in [1.54, 1.807) is 30.3 Å². The monoisotopic (exact) mass is 381 g/mol. The van der Waals surface area contributed by atoms with E-state index < -0.39 is 0 Å². The molecule has 2 aromatic heterocycles. The summed E-state index contributed by atoms with van der Waals surface area (Å²) in [7, 11) is 0. The number of aromatic hydroxyl groups is 1. The third kappa shape index (κ3) is 3.50. The standard InChI is InChI=1S/C19H16ClN5O2/c1-11-8-15(26)6-7-16(11)21-10-14-9-17(27)25-19(22-14)23-18(24-25)12-2-4-13(20)5-3-12/h2-9,21,26H,10H2,1H3,(H,22,23,24). The Bertz CT molecular complexity index is 1180. The molecule has 0 amide bonds. The Morgan fingerprint density at radius 1 is 1.15 bits per heavy atom. The molecule has 0 spiro atoms. The predicted octanol–water partition coefficient (Wildman–Crippen LogP) is 3.36. The molecule has 136 valence electrons. The average molecular weight is 382 g/mol. The highest BCUT2D eigenvalue weighted by Crippen LogP contribution is 2.21. The first kappa shape index (κ1) is 17.1. The number of benzene rings is 2. The van der Waals surface area contributed by atoms with E-state index in [2.05, 4.69) is 20.4 Å². The summed E-state index contributed by atoms with van der Waals surface area (Å²) < 4.78 is 1.30. The van der Waals surface area contributed by atoms with Gasteiger partial charge in [0.05, 0.1) is 12.2 Å². The minimum absolute atomic E-state index is 0.210. The minimum atomic E-state index is -0.244. The van der Waals surface area contributed by atoms with Crippen molar-refractivity contribution < 1.29 is 5.11 Å². The molecule has 4 aromatic rings. The maximum absolute atomic E-state index is 12.4. The fourth-order valence-electron chi connectivity index (χ4n) is 2.79. The summed E-state index contributed by atoms with van der Waals surface area (Å²) in [6.45, 7) is 2.25. The van der Waals surface area contributed by atoms with Crippen molar-refractivity contribution in [2.45, 2.75) is 13.5 Å². The molecule has 0 radical (unpaired) electrons. The first-order chi connectivity index (χ1) is 13.0. The van der Waals surface area contributed by atoms with Crippen LogP contribution in [0.15, 0.2) is 53.3 Å². The molecule has 8 heteroatoms. The molecular formula is C19H16ClN5O2. The zero-order valence-electron chi connectivity index (χ0n) is 14.4. The van der Waals surface area contributed by atoms with Crippen LogP contribution in [0.4, 0.5) is 5.69 Å². The number of halogens is 1. The van der Waals surface area contributed by atoms with Crippen molar-refractivity contribution in [3.05, 3.63) is 75.2 Å². The zero-order chi connectivity index (χ0) is 19.0. The molecule has 0 aliphatic rings. The largest absolute Gasteiger partial charge is 0.508 e. The van der Waals surface area contributed by atoms with Crippen LogP contribution >= 0.6 is 11.6 Å². The molecule has 2 heterocycles. The molecule has 3 N–H and O–H groups in total. The van der Waals surface area contributed by atoms with E-state index in [4.69, 9.17) is 11.6 Å². The molecule has 27 heavy (non-hydrogen) atoms. The molecule has 0 bridgehead atoms. The zero-order valence-corrected chi connectivity index (χ0v) is 15.2. The molecule has 7 nitrogen and oxygen atoms in total. The lowest BCUT2D eigenvalue weighted by Gasteiger charge is -2.09. The van der Waals surface area contributed by atoms with E-state index in [9.17, 15) is 9.90 Å². The number of aromatic amines is 1. The van der Waals surface area contributed by atoms with E-state index in [1.807, 2.05) is 19.1 Å². The van der Waals surface area contributed by atoms with E-state index >= 15 is 0 Å². The lowest BCUT2D eigenvalue weighted by molar-refractivity contribution is 0.475. The van der Waals surface area contributed by atoms with Crippen LogP contribution in [0.2, 0.25) is 5.02 Å². The van der Waals surface area contributed by atoms with Crippen molar-refractivity contribution in [1.29, 1.82) is 0 Å². The van der Waals surface area contributed by atoms with Crippen LogP contribution in [0, 0.1) is 6.92 Å². The van der Waals surface area contributed by atoms with Crippen LogP contribution in [0.3, 0.4) is 0 Å². The van der Waals surface area contributed by atoms with E-state index in [1.165, 1.54) is 10.6 Å². The second-order valence-corrected chi connectivity index (χ2v) is 6.59. The van der Waals surface area contributed by atoms with Gasteiger partial charge < -0.3 is 10.4 Å². The number of hydrogen-bond donors (Lipinski definition) is 3. The summed E-state index contributed by atoms with van der Waals surface area (Å²) in [5.74, 6) is 1.05. The van der Waals surface area contributed by atoms with E-state index in [0.717, 1.165) is 16.8 Å². The number of fused-ring (bicyclic) bond motifs is 1. The van der Waals surface area contributed by atoms with Crippen LogP contribution in [-0.4, -0.2) is 24.7 Å². The Morgan fingerprint density at radius 2 is 1.93 bits per heavy atom. The smallest absolute Gasteiger partial charge is 0.274 e. The second-order valence-electron chi connectivity index (χ2n) is 6.15. The van der Waals surface area contributed by atoms with Gasteiger partial charge in [-0.05, 0) is 55.0 Å². The third-order valence-electron chi connectivity index (χ3n) is 4.17. The van der Waals surface area contributed by atoms with Crippen molar-refractivity contribution in [3.63, 3.8) is 0 Å². The number of H-pyrrole nitrogens is 1. The van der Waals surface area contributed by atoms with Gasteiger partial charge in [-0.3, -0.25) is 9.89 Å². The number of rotatable bonds is 4. The van der Waals surface area contributed by atoms with Gasteiger partial charge in [0.15, 0.2) is 5.82 Å². The highest BCUT2D eigenvalue weighted by molar-refractivity contribution is 6.30. The maximum atomic E-state index is 12.4. The Kier molecular flexibility index (Phi) is 4.29. The molecule has 0 unspecified atom stereocenters. The van der Waals surface area contributed by atoms with Crippen molar-refractivity contribution in [2.24, 2.45) is 0 Å². The Hall–Kier alpha value is -3.32. The fraction of sp³-hybridized carbons (Fsp3) is 0.105. The summed E-state index contributed by atoms with van der Waals surface area (Å²) in [6, 6.07) is 13.7. The lowest BCUT2D eigenvalue weighted by atomic mass is 10.2. The van der Waals surface area contributed by atoms with Crippen LogP contribution < -0.4 is 10.9 Å². The molecule has 0 saturated carbocycles. The minimum Gasteiger partial charge on any atom is -0.508 e. The van der Waals surface area contributed by atoms with Gasteiger partial charge in [-0.25, -0.2) is 4.98 Å². The number of hydrogen-bond acceptors (Lipinski definition) is 5. The van der Waals surface area contributed by atoms with Gasteiger partial charge in [0.2, 0.25) is 0 Å². The second kappa shape index (κ2) is 6.77. The molecule has 0 saturated heterocycles. The van der Waals surface area contributed by atoms with Gasteiger partial charge >= 0.3 is 0 Å². The van der Waals surface area contributed by atoms with Crippen molar-refractivity contribution >= 4 is 23.1 Å². The molecule has 2 aromatic carbocycles. The quantitative estimate of drug-likeness (QED) is 0.471. The molecule has 0 aliphatic carbocycles. The molecule has 0 aliphatic heterocycles. The summed E-state index contributed by atoms with van der Waals surface area (Å²) in [4.78, 5) is 21.2. The molecule has 0 atom stereocenters. The number of phenols is 1. The van der Waals surface area contributed by atoms with Gasteiger partial charge in [-0.1, -0.05) is 11.6 Å². The normalized spacial score (nSPS) is 11.0.